The third-order valence-corrected chi connectivity index (χ3v) is 5.05. The lowest BCUT2D eigenvalue weighted by molar-refractivity contribution is -0.122. The van der Waals surface area contributed by atoms with E-state index in [1.807, 2.05) is 0 Å². The molecule has 0 radical (unpaired) electrons. The van der Waals surface area contributed by atoms with Gasteiger partial charge in [-0.1, -0.05) is 18.2 Å². The minimum atomic E-state index is -0.844. The largest absolute Gasteiger partial charge is 0.457 e. The van der Waals surface area contributed by atoms with Gasteiger partial charge >= 0.3 is 12.0 Å². The zero-order valence-electron chi connectivity index (χ0n) is 15.7. The van der Waals surface area contributed by atoms with Gasteiger partial charge < -0.3 is 9.15 Å². The summed E-state index contributed by atoms with van der Waals surface area (Å²) in [6.45, 7) is 0. The molecule has 0 atom stereocenters. The van der Waals surface area contributed by atoms with E-state index < -0.39 is 23.8 Å². The van der Waals surface area contributed by atoms with Gasteiger partial charge in [-0.3, -0.25) is 14.9 Å². The number of urea groups is 1. The number of anilines is 1. The fourth-order valence-corrected chi connectivity index (χ4v) is 3.23. The Bertz CT molecular complexity index is 1220. The number of ether oxygens (including phenoxy) is 1. The van der Waals surface area contributed by atoms with Gasteiger partial charge in [-0.15, -0.1) is 0 Å². The molecule has 154 valence electrons. The molecule has 0 saturated carbocycles. The second-order valence-electron chi connectivity index (χ2n) is 6.34. The van der Waals surface area contributed by atoms with E-state index in [0.717, 1.165) is 8.47 Å². The molecule has 1 saturated heterocycles. The zero-order chi connectivity index (χ0) is 22.0. The third-order valence-electron chi connectivity index (χ3n) is 4.33. The minimum absolute atomic E-state index is 0.00410. The van der Waals surface area contributed by atoms with Crippen LogP contribution in [0.25, 0.3) is 6.08 Å². The van der Waals surface area contributed by atoms with Gasteiger partial charge in [-0.2, -0.15) is 0 Å². The molecular weight excluding hydrogens is 515 g/mol. The third kappa shape index (κ3) is 4.26. The van der Waals surface area contributed by atoms with Crippen molar-refractivity contribution in [1.29, 1.82) is 0 Å². The van der Waals surface area contributed by atoms with E-state index >= 15 is 0 Å². The number of esters is 1. The first-order chi connectivity index (χ1) is 14.9. The molecule has 31 heavy (non-hydrogen) atoms. The highest BCUT2D eigenvalue weighted by Crippen LogP contribution is 2.26. The van der Waals surface area contributed by atoms with E-state index in [0.29, 0.717) is 11.3 Å². The van der Waals surface area contributed by atoms with Crippen molar-refractivity contribution >= 4 is 58.2 Å². The van der Waals surface area contributed by atoms with E-state index in [-0.39, 0.29) is 17.1 Å². The van der Waals surface area contributed by atoms with Gasteiger partial charge in [0, 0.05) is 9.13 Å². The normalized spacial score (nSPS) is 15.2. The molecule has 1 fully saturated rings. The van der Waals surface area contributed by atoms with Crippen molar-refractivity contribution in [2.75, 3.05) is 4.90 Å². The summed E-state index contributed by atoms with van der Waals surface area (Å²) in [5.41, 5.74) is 0.344. The molecule has 2 heterocycles. The van der Waals surface area contributed by atoms with Crippen LogP contribution in [-0.2, 0) is 9.59 Å². The van der Waals surface area contributed by atoms with Crippen LogP contribution < -0.4 is 15.0 Å². The Balaban J connectivity index is 1.68. The van der Waals surface area contributed by atoms with Crippen LogP contribution >= 0.6 is 22.6 Å². The zero-order valence-corrected chi connectivity index (χ0v) is 17.9. The van der Waals surface area contributed by atoms with E-state index in [1.54, 1.807) is 48.5 Å². The van der Waals surface area contributed by atoms with Crippen LogP contribution in [0.4, 0.5) is 10.5 Å². The molecule has 0 unspecified atom stereocenters. The van der Waals surface area contributed by atoms with Gasteiger partial charge in [0.15, 0.2) is 0 Å². The predicted molar refractivity (Wildman–Crippen MR) is 118 cm³/mol. The number of furan rings is 1. The van der Waals surface area contributed by atoms with E-state index in [1.165, 1.54) is 24.5 Å². The molecule has 0 spiro atoms. The van der Waals surface area contributed by atoms with Crippen LogP contribution in [0.3, 0.4) is 0 Å². The van der Waals surface area contributed by atoms with Crippen LogP contribution in [-0.4, -0.2) is 23.8 Å². The van der Waals surface area contributed by atoms with Crippen molar-refractivity contribution in [1.82, 2.24) is 5.32 Å². The Morgan fingerprint density at radius 1 is 1.00 bits per heavy atom. The summed E-state index contributed by atoms with van der Waals surface area (Å²) in [5.74, 6) is -2.24. The molecule has 4 rings (SSSR count). The lowest BCUT2D eigenvalue weighted by Crippen LogP contribution is -2.54. The van der Waals surface area contributed by atoms with Crippen LogP contribution in [0, 0.1) is 3.57 Å². The molecular formula is C22H13IN2O6. The fourth-order valence-electron chi connectivity index (χ4n) is 2.88. The van der Waals surface area contributed by atoms with Crippen LogP contribution in [0.1, 0.15) is 16.1 Å². The van der Waals surface area contributed by atoms with Gasteiger partial charge in [-0.25, -0.2) is 14.5 Å². The van der Waals surface area contributed by atoms with Crippen molar-refractivity contribution in [3.63, 3.8) is 0 Å². The Kier molecular flexibility index (Phi) is 5.67. The highest BCUT2D eigenvalue weighted by molar-refractivity contribution is 14.1. The Labute approximate surface area is 189 Å². The molecule has 9 heteroatoms. The second-order valence-corrected chi connectivity index (χ2v) is 7.58. The molecule has 1 N–H and O–H groups in total. The Morgan fingerprint density at radius 2 is 1.74 bits per heavy atom. The number of carbonyl (C=O) groups excluding carboxylic acids is 4. The van der Waals surface area contributed by atoms with E-state index in [4.69, 9.17) is 9.15 Å². The number of rotatable bonds is 4. The van der Waals surface area contributed by atoms with Gasteiger partial charge in [0.05, 0.1) is 12.0 Å². The number of benzene rings is 2. The van der Waals surface area contributed by atoms with Crippen molar-refractivity contribution in [3.8, 4) is 5.75 Å². The highest BCUT2D eigenvalue weighted by Gasteiger charge is 2.37. The molecule has 1 aromatic heterocycles. The second kappa shape index (κ2) is 8.56. The summed E-state index contributed by atoms with van der Waals surface area (Å²) in [4.78, 5) is 50.8. The summed E-state index contributed by atoms with van der Waals surface area (Å²) >= 11 is 2.10. The first-order valence-electron chi connectivity index (χ1n) is 8.96. The van der Waals surface area contributed by atoms with Crippen molar-refractivity contribution < 1.29 is 28.3 Å². The average Bonchev–Trinajstić information content (AvgIpc) is 3.28. The standard InChI is InChI=1S/C22H13IN2O6/c23-14-7-9-15(10-8-14)25-20(27)16(19(26)24-22(25)29)12-13-4-1-2-5-17(13)31-21(28)18-6-3-11-30-18/h1-12H,(H,24,26,29)/b16-12-. The van der Waals surface area contributed by atoms with Gasteiger partial charge in [0.2, 0.25) is 5.76 Å². The molecule has 4 amide bonds. The fraction of sp³-hybridized carbons (Fsp3) is 0. The summed E-state index contributed by atoms with van der Waals surface area (Å²) in [6.07, 6.45) is 2.61. The molecule has 8 nitrogen and oxygen atoms in total. The number of para-hydroxylation sites is 1. The summed E-state index contributed by atoms with van der Waals surface area (Å²) < 4.78 is 11.3. The number of nitrogens with one attached hydrogen (secondary N) is 1. The first-order valence-corrected chi connectivity index (χ1v) is 10.0. The number of hydrogen-bond acceptors (Lipinski definition) is 6. The van der Waals surface area contributed by atoms with Crippen LogP contribution in [0.2, 0.25) is 0 Å². The van der Waals surface area contributed by atoms with Crippen molar-refractivity contribution in [2.45, 2.75) is 0 Å². The summed E-state index contributed by atoms with van der Waals surface area (Å²) in [5, 5.41) is 2.16. The maximum Gasteiger partial charge on any atom is 0.379 e. The van der Waals surface area contributed by atoms with Crippen molar-refractivity contribution in [2.24, 2.45) is 0 Å². The van der Waals surface area contributed by atoms with Gasteiger partial charge in [-0.05, 0) is 71.1 Å². The number of carbonyl (C=O) groups is 4. The first kappa shape index (κ1) is 20.5. The topological polar surface area (TPSA) is 106 Å². The number of imide groups is 2. The SMILES string of the molecule is O=C1NC(=O)N(c2ccc(I)cc2)C(=O)/C1=C\c1ccccc1OC(=O)c1ccco1. The Morgan fingerprint density at radius 3 is 2.45 bits per heavy atom. The maximum atomic E-state index is 13.0. The van der Waals surface area contributed by atoms with Crippen LogP contribution in [0.15, 0.2) is 76.9 Å². The monoisotopic (exact) mass is 528 g/mol. The van der Waals surface area contributed by atoms with Gasteiger partial charge in [0.1, 0.15) is 11.3 Å². The lowest BCUT2D eigenvalue weighted by Gasteiger charge is -2.26. The highest BCUT2D eigenvalue weighted by atomic mass is 127. The lowest BCUT2D eigenvalue weighted by atomic mass is 10.1. The number of nitrogens with zero attached hydrogens (tertiary/aromatic N) is 1. The quantitative estimate of drug-likeness (QED) is 0.182. The number of halogens is 1. The number of hydrogen-bond donors (Lipinski definition) is 1. The number of barbiturate groups is 1. The van der Waals surface area contributed by atoms with Crippen molar-refractivity contribution in [3.05, 3.63) is 87.4 Å². The van der Waals surface area contributed by atoms with E-state index in [9.17, 15) is 19.2 Å². The molecule has 1 aliphatic heterocycles. The summed E-state index contributed by atoms with van der Waals surface area (Å²) in [6, 6.07) is 15.2. The molecule has 2 aromatic carbocycles. The van der Waals surface area contributed by atoms with Gasteiger partial charge in [0.25, 0.3) is 11.8 Å². The molecule has 3 aromatic rings. The summed E-state index contributed by atoms with van der Waals surface area (Å²) in [7, 11) is 0. The molecule has 1 aliphatic rings. The Hall–Kier alpha value is -3.73. The smallest absolute Gasteiger partial charge is 0.379 e. The predicted octanol–water partition coefficient (Wildman–Crippen LogP) is 3.77. The average molecular weight is 528 g/mol. The number of amides is 4. The minimum Gasteiger partial charge on any atom is -0.457 e. The van der Waals surface area contributed by atoms with Crippen LogP contribution in [0.5, 0.6) is 5.75 Å². The molecule has 0 aliphatic carbocycles. The maximum absolute atomic E-state index is 13.0. The molecule has 0 bridgehead atoms. The van der Waals surface area contributed by atoms with E-state index in [2.05, 4.69) is 27.9 Å².